The van der Waals surface area contributed by atoms with Crippen molar-refractivity contribution < 1.29 is 0 Å². The fraction of sp³-hybridized carbons (Fsp3) is 0.0857. The zero-order valence-electron chi connectivity index (χ0n) is 39.7. The van der Waals surface area contributed by atoms with E-state index in [1.54, 1.807) is 11.1 Å². The summed E-state index contributed by atoms with van der Waals surface area (Å²) in [5.74, 6) is 0. The van der Waals surface area contributed by atoms with E-state index in [1.807, 2.05) is 6.07 Å². The Morgan fingerprint density at radius 3 is 1.12 bits per heavy atom. The molecule has 2 heteroatoms. The van der Waals surface area contributed by atoms with Gasteiger partial charge < -0.3 is 0 Å². The summed E-state index contributed by atoms with van der Waals surface area (Å²) in [7, 11) is 0. The quantitative estimate of drug-likeness (QED) is 0.176. The highest BCUT2D eigenvalue weighted by Gasteiger charge is 2.54. The molecule has 0 amide bonds. The van der Waals surface area contributed by atoms with Crippen LogP contribution in [0.4, 0.5) is 0 Å². The summed E-state index contributed by atoms with van der Waals surface area (Å²) in [4.78, 5) is 10.7. The number of benzene rings is 9. The third-order valence-electron chi connectivity index (χ3n) is 17.1. The summed E-state index contributed by atoms with van der Waals surface area (Å²) in [6.07, 6.45) is 13.9. The summed E-state index contributed by atoms with van der Waals surface area (Å²) in [5, 5.41) is 0. The molecule has 6 aliphatic rings. The van der Waals surface area contributed by atoms with E-state index in [4.69, 9.17) is 9.97 Å². The van der Waals surface area contributed by atoms with E-state index < -0.39 is 0 Å². The molecule has 6 aliphatic carbocycles. The minimum absolute atomic E-state index is 0.212. The largest absolute Gasteiger partial charge is 0.244 e. The highest BCUT2D eigenvalue weighted by Crippen LogP contribution is 2.65. The van der Waals surface area contributed by atoms with Crippen LogP contribution in [0.15, 0.2) is 242 Å². The molecule has 336 valence electrons. The monoisotopic (exact) mass is 914 g/mol. The number of hydrogen-bond donors (Lipinski definition) is 0. The van der Waals surface area contributed by atoms with Crippen molar-refractivity contribution in [2.45, 2.75) is 36.5 Å². The highest BCUT2D eigenvalue weighted by molar-refractivity contribution is 6.00. The zero-order valence-corrected chi connectivity index (χ0v) is 39.7. The molecule has 10 aromatic rings. The van der Waals surface area contributed by atoms with Gasteiger partial charge >= 0.3 is 0 Å². The Morgan fingerprint density at radius 2 is 0.639 bits per heavy atom. The molecule has 0 radical (unpaired) electrons. The molecule has 72 heavy (non-hydrogen) atoms. The predicted octanol–water partition coefficient (Wildman–Crippen LogP) is 17.2. The molecule has 1 heterocycles. The molecule has 0 fully saturated rings. The van der Waals surface area contributed by atoms with E-state index in [1.165, 1.54) is 100 Å². The number of nitrogens with zero attached hydrogens (tertiary/aromatic N) is 2. The highest BCUT2D eigenvalue weighted by atomic mass is 14.8. The van der Waals surface area contributed by atoms with Gasteiger partial charge in [-0.3, -0.25) is 0 Å². The lowest BCUT2D eigenvalue weighted by molar-refractivity contribution is 0.661. The molecule has 0 saturated carbocycles. The van der Waals surface area contributed by atoms with Gasteiger partial charge in [0.05, 0.1) is 33.3 Å². The van der Waals surface area contributed by atoms with Crippen molar-refractivity contribution >= 4 is 22.2 Å². The average molecular weight is 915 g/mol. The second-order valence-corrected chi connectivity index (χ2v) is 20.4. The van der Waals surface area contributed by atoms with Gasteiger partial charge in [0.2, 0.25) is 0 Å². The van der Waals surface area contributed by atoms with Gasteiger partial charge in [0, 0.05) is 11.1 Å². The van der Waals surface area contributed by atoms with Crippen LogP contribution in [-0.4, -0.2) is 9.97 Å². The Labute approximate surface area is 419 Å². The minimum atomic E-state index is -0.381. The third kappa shape index (κ3) is 5.23. The predicted molar refractivity (Wildman–Crippen MR) is 295 cm³/mol. The SMILES string of the molecule is C1=CC2=C(CC1)C1(C3=C(C=CCC3)c3ccc(-c4ccc(-c5nc6ccccc6nc5-c5ccc(-c6ccc7c(c6)C6(c8ccccc8-c8ccccc86)c6ccccc6-7)cc5)cc4)cc31)c1ccccc12. The molecule has 2 spiro atoms. The normalized spacial score (nSPS) is 17.7. The maximum absolute atomic E-state index is 5.35. The van der Waals surface area contributed by atoms with Crippen LogP contribution in [0, 0.1) is 0 Å². The molecule has 16 rings (SSSR count). The molecule has 2 nitrogen and oxygen atoms in total. The van der Waals surface area contributed by atoms with Crippen LogP contribution in [-0.2, 0) is 10.8 Å². The van der Waals surface area contributed by atoms with Crippen LogP contribution < -0.4 is 0 Å². The van der Waals surface area contributed by atoms with Crippen molar-refractivity contribution in [2.24, 2.45) is 0 Å². The Morgan fingerprint density at radius 1 is 0.292 bits per heavy atom. The zero-order chi connectivity index (χ0) is 47.1. The number of fused-ring (bicyclic) bond motifs is 19. The first-order chi connectivity index (χ1) is 35.7. The van der Waals surface area contributed by atoms with Crippen LogP contribution >= 0.6 is 0 Å². The summed E-state index contributed by atoms with van der Waals surface area (Å²) in [6, 6.07) is 77.0. The summed E-state index contributed by atoms with van der Waals surface area (Å²) >= 11 is 0. The van der Waals surface area contributed by atoms with E-state index in [2.05, 4.69) is 224 Å². The van der Waals surface area contributed by atoms with Gasteiger partial charge in [-0.15, -0.1) is 0 Å². The molecular formula is C70H46N2. The van der Waals surface area contributed by atoms with Crippen molar-refractivity contribution in [2.75, 3.05) is 0 Å². The van der Waals surface area contributed by atoms with E-state index in [0.29, 0.717) is 0 Å². The molecule has 0 bridgehead atoms. The van der Waals surface area contributed by atoms with Crippen LogP contribution in [0.5, 0.6) is 0 Å². The van der Waals surface area contributed by atoms with Crippen LogP contribution in [0.3, 0.4) is 0 Å². The number of hydrogen-bond acceptors (Lipinski definition) is 2. The average Bonchev–Trinajstić information content (AvgIpc) is 4.14. The molecule has 1 aromatic heterocycles. The summed E-state index contributed by atoms with van der Waals surface area (Å²) < 4.78 is 0. The van der Waals surface area contributed by atoms with Crippen molar-refractivity contribution in [1.29, 1.82) is 0 Å². The second-order valence-electron chi connectivity index (χ2n) is 20.4. The molecule has 1 unspecified atom stereocenters. The second kappa shape index (κ2) is 14.9. The van der Waals surface area contributed by atoms with Crippen LogP contribution in [0.25, 0.3) is 89.2 Å². The van der Waals surface area contributed by atoms with Crippen LogP contribution in [0.1, 0.15) is 70.2 Å². The fourth-order valence-corrected chi connectivity index (χ4v) is 14.2. The van der Waals surface area contributed by atoms with E-state index in [9.17, 15) is 0 Å². The first kappa shape index (κ1) is 40.1. The number of allylic oxidation sites excluding steroid dienone is 8. The summed E-state index contributed by atoms with van der Waals surface area (Å²) in [5.41, 5.74) is 32.2. The van der Waals surface area contributed by atoms with Gasteiger partial charge in [-0.25, -0.2) is 9.97 Å². The maximum atomic E-state index is 5.35. The first-order valence-electron chi connectivity index (χ1n) is 25.7. The van der Waals surface area contributed by atoms with Crippen molar-refractivity contribution in [1.82, 2.24) is 9.97 Å². The summed E-state index contributed by atoms with van der Waals surface area (Å²) in [6.45, 7) is 0. The minimum Gasteiger partial charge on any atom is -0.244 e. The Kier molecular flexibility index (Phi) is 8.29. The Bertz CT molecular complexity index is 4070. The van der Waals surface area contributed by atoms with Gasteiger partial charge in [-0.1, -0.05) is 206 Å². The van der Waals surface area contributed by atoms with E-state index >= 15 is 0 Å². The van der Waals surface area contributed by atoms with Gasteiger partial charge in [0.25, 0.3) is 0 Å². The lowest BCUT2D eigenvalue weighted by atomic mass is 9.65. The van der Waals surface area contributed by atoms with E-state index in [-0.39, 0.29) is 10.8 Å². The van der Waals surface area contributed by atoms with E-state index in [0.717, 1.165) is 59.2 Å². The van der Waals surface area contributed by atoms with Crippen molar-refractivity contribution in [3.05, 3.63) is 286 Å². The molecular weight excluding hydrogens is 869 g/mol. The Hall–Kier alpha value is -8.72. The maximum Gasteiger partial charge on any atom is 0.0973 e. The fourth-order valence-electron chi connectivity index (χ4n) is 14.2. The first-order valence-corrected chi connectivity index (χ1v) is 25.7. The van der Waals surface area contributed by atoms with Crippen molar-refractivity contribution in [3.63, 3.8) is 0 Å². The third-order valence-corrected chi connectivity index (χ3v) is 17.1. The van der Waals surface area contributed by atoms with Gasteiger partial charge in [-0.05, 0) is 161 Å². The molecule has 9 aromatic carbocycles. The number of aromatic nitrogens is 2. The topological polar surface area (TPSA) is 25.8 Å². The van der Waals surface area contributed by atoms with Crippen LogP contribution in [0.2, 0.25) is 0 Å². The standard InChI is InChI=1S/C70H46N2/c1-7-21-57-49(15-1)50-16-2-8-22-58(50)69(57)61-25-11-5-19-53(61)55-39-37-47(41-63(55)69)43-29-33-45(34-30-43)67-68(72-66-28-14-13-27-65(66)71-67)46-35-31-44(32-36-46)48-38-40-56-54-20-6-12-26-62(54)70(64(56)42-48)59-23-9-3-17-51(59)52-18-4-10-24-60(52)70/h1-9,11,13-23,25,27-42H,10,12,24,26H2. The molecule has 0 N–H and O–H groups in total. The van der Waals surface area contributed by atoms with Gasteiger partial charge in [-0.2, -0.15) is 0 Å². The lowest BCUT2D eigenvalue weighted by Gasteiger charge is -2.36. The molecule has 1 atom stereocenters. The smallest absolute Gasteiger partial charge is 0.0973 e. The van der Waals surface area contributed by atoms with Crippen molar-refractivity contribution in [3.8, 4) is 67.0 Å². The Balaban J connectivity index is 0.779. The molecule has 0 aliphatic heterocycles. The number of para-hydroxylation sites is 2. The number of rotatable bonds is 4. The lowest BCUT2D eigenvalue weighted by Crippen LogP contribution is -2.29. The van der Waals surface area contributed by atoms with Gasteiger partial charge in [0.15, 0.2) is 0 Å². The molecule has 0 saturated heterocycles. The van der Waals surface area contributed by atoms with Gasteiger partial charge in [0.1, 0.15) is 0 Å².